The van der Waals surface area contributed by atoms with Crippen LogP contribution in [-0.2, 0) is 29.5 Å². The van der Waals surface area contributed by atoms with Crippen molar-refractivity contribution in [3.63, 3.8) is 0 Å². The van der Waals surface area contributed by atoms with Gasteiger partial charge in [-0.1, -0.05) is 18.2 Å². The average molecular weight is 357 g/mol. The number of fused-ring (bicyclic) bond motifs is 1. The molecule has 1 aromatic carbocycles. The summed E-state index contributed by atoms with van der Waals surface area (Å²) in [5, 5.41) is 10.1. The molecule has 0 aliphatic heterocycles. The molecule has 0 fully saturated rings. The first-order chi connectivity index (χ1) is 11.9. The normalized spacial score (nSPS) is 10.8. The van der Waals surface area contributed by atoms with Gasteiger partial charge < -0.3 is 11.1 Å². The number of carbonyl (C=O) groups excluding carboxylic acids is 2. The molecular weight excluding hydrogens is 342 g/mol. The third-order valence-electron chi connectivity index (χ3n) is 3.51. The lowest BCUT2D eigenvalue weighted by Crippen LogP contribution is -2.24. The van der Waals surface area contributed by atoms with Crippen LogP contribution in [0, 0.1) is 0 Å². The van der Waals surface area contributed by atoms with Crippen LogP contribution in [0.25, 0.3) is 10.8 Å². The van der Waals surface area contributed by atoms with E-state index in [1.165, 1.54) is 16.0 Å². The summed E-state index contributed by atoms with van der Waals surface area (Å²) in [6.07, 6.45) is 0.0265. The van der Waals surface area contributed by atoms with Crippen molar-refractivity contribution in [1.82, 2.24) is 14.8 Å². The van der Waals surface area contributed by atoms with Crippen molar-refractivity contribution in [1.29, 1.82) is 0 Å². The van der Waals surface area contributed by atoms with E-state index in [0.717, 1.165) is 0 Å². The van der Waals surface area contributed by atoms with Crippen LogP contribution in [0.4, 0.5) is 5.13 Å². The molecule has 0 radical (unpaired) electrons. The number of aryl methyl sites for hydroxylation is 1. The van der Waals surface area contributed by atoms with Gasteiger partial charge in [0.2, 0.25) is 11.8 Å². The number of nitrogens with zero attached hydrogens (tertiary/aromatic N) is 3. The monoisotopic (exact) mass is 357 g/mol. The summed E-state index contributed by atoms with van der Waals surface area (Å²) < 4.78 is 1.22. The van der Waals surface area contributed by atoms with Crippen molar-refractivity contribution in [2.45, 2.75) is 12.8 Å². The number of primary amides is 1. The molecule has 25 heavy (non-hydrogen) atoms. The van der Waals surface area contributed by atoms with E-state index in [4.69, 9.17) is 5.73 Å². The smallest absolute Gasteiger partial charge is 0.274 e. The van der Waals surface area contributed by atoms with Crippen molar-refractivity contribution in [2.24, 2.45) is 12.8 Å². The van der Waals surface area contributed by atoms with Crippen LogP contribution < -0.4 is 16.6 Å². The topological polar surface area (TPSA) is 120 Å². The number of benzene rings is 1. The molecule has 0 atom stereocenters. The second-order valence-electron chi connectivity index (χ2n) is 5.43. The number of hydrogen-bond acceptors (Lipinski definition) is 6. The second kappa shape index (κ2) is 6.81. The van der Waals surface area contributed by atoms with Gasteiger partial charge in [0.25, 0.3) is 5.56 Å². The van der Waals surface area contributed by atoms with Crippen LogP contribution in [0.1, 0.15) is 11.4 Å². The summed E-state index contributed by atoms with van der Waals surface area (Å²) in [5.41, 5.74) is 5.92. The van der Waals surface area contributed by atoms with Gasteiger partial charge in [0.1, 0.15) is 0 Å². The number of amides is 2. The molecule has 0 unspecified atom stereocenters. The predicted octanol–water partition coefficient (Wildman–Crippen LogP) is 0.599. The Hall–Kier alpha value is -3.07. The minimum atomic E-state index is -0.482. The second-order valence-corrected chi connectivity index (χ2v) is 6.29. The van der Waals surface area contributed by atoms with Crippen molar-refractivity contribution in [3.05, 3.63) is 51.4 Å². The Balaban J connectivity index is 1.81. The highest BCUT2D eigenvalue weighted by atomic mass is 32.1. The number of rotatable bonds is 5. The molecular formula is C16H15N5O3S. The number of nitrogens with two attached hydrogens (primary N) is 1. The van der Waals surface area contributed by atoms with Gasteiger partial charge >= 0.3 is 0 Å². The molecule has 9 heteroatoms. The van der Waals surface area contributed by atoms with Gasteiger partial charge in [0.15, 0.2) is 5.13 Å². The highest BCUT2D eigenvalue weighted by Gasteiger charge is 2.14. The SMILES string of the molecule is Cn1nc(CC(=O)Nc2nc(CC(N)=O)cs2)c2ccccc2c1=O. The number of nitrogens with one attached hydrogen (secondary N) is 1. The highest BCUT2D eigenvalue weighted by Crippen LogP contribution is 2.17. The molecule has 3 N–H and O–H groups in total. The number of anilines is 1. The minimum Gasteiger partial charge on any atom is -0.369 e. The van der Waals surface area contributed by atoms with Crippen LogP contribution in [-0.4, -0.2) is 26.6 Å². The van der Waals surface area contributed by atoms with E-state index in [2.05, 4.69) is 15.4 Å². The van der Waals surface area contributed by atoms with Gasteiger partial charge in [0, 0.05) is 17.8 Å². The molecule has 0 aliphatic carbocycles. The maximum atomic E-state index is 12.3. The lowest BCUT2D eigenvalue weighted by atomic mass is 10.1. The van der Waals surface area contributed by atoms with Crippen molar-refractivity contribution >= 4 is 39.1 Å². The van der Waals surface area contributed by atoms with Gasteiger partial charge in [-0.3, -0.25) is 14.4 Å². The molecule has 128 valence electrons. The van der Waals surface area contributed by atoms with Crippen LogP contribution in [0.3, 0.4) is 0 Å². The van der Waals surface area contributed by atoms with E-state index in [1.54, 1.807) is 36.7 Å². The fourth-order valence-electron chi connectivity index (χ4n) is 2.45. The van der Waals surface area contributed by atoms with E-state index in [-0.39, 0.29) is 24.3 Å². The number of carbonyl (C=O) groups is 2. The number of thiazole rings is 1. The van der Waals surface area contributed by atoms with Crippen molar-refractivity contribution in [2.75, 3.05) is 5.32 Å². The largest absolute Gasteiger partial charge is 0.369 e. The first-order valence-corrected chi connectivity index (χ1v) is 8.29. The zero-order chi connectivity index (χ0) is 18.0. The fourth-order valence-corrected chi connectivity index (χ4v) is 3.17. The van der Waals surface area contributed by atoms with E-state index in [0.29, 0.717) is 27.3 Å². The fraction of sp³-hybridized carbons (Fsp3) is 0.188. The van der Waals surface area contributed by atoms with E-state index in [9.17, 15) is 14.4 Å². The van der Waals surface area contributed by atoms with Crippen LogP contribution in [0.2, 0.25) is 0 Å². The summed E-state index contributed by atoms with van der Waals surface area (Å²) in [6.45, 7) is 0. The number of aromatic nitrogens is 3. The Morgan fingerprint density at radius 2 is 1.96 bits per heavy atom. The molecule has 0 aliphatic rings. The third kappa shape index (κ3) is 3.72. The molecule has 0 bridgehead atoms. The molecule has 2 amide bonds. The van der Waals surface area contributed by atoms with Crippen molar-refractivity contribution < 1.29 is 9.59 Å². The van der Waals surface area contributed by atoms with Crippen LogP contribution >= 0.6 is 11.3 Å². The zero-order valence-electron chi connectivity index (χ0n) is 13.4. The Bertz CT molecular complexity index is 1020. The maximum absolute atomic E-state index is 12.3. The standard InChI is InChI=1S/C16H15N5O3S/c1-21-15(24)11-5-3-2-4-10(11)12(20-21)7-14(23)19-16-18-9(8-25-16)6-13(17)22/h2-5,8H,6-7H2,1H3,(H2,17,22)(H,18,19,23). The van der Waals surface area contributed by atoms with Gasteiger partial charge in [-0.2, -0.15) is 5.10 Å². The lowest BCUT2D eigenvalue weighted by molar-refractivity contribution is -0.117. The summed E-state index contributed by atoms with van der Waals surface area (Å²) in [6, 6.07) is 7.03. The Morgan fingerprint density at radius 1 is 1.24 bits per heavy atom. The van der Waals surface area contributed by atoms with Crippen LogP contribution in [0.15, 0.2) is 34.4 Å². The van der Waals surface area contributed by atoms with Gasteiger partial charge in [-0.05, 0) is 6.07 Å². The van der Waals surface area contributed by atoms with E-state index in [1.807, 2.05) is 0 Å². The molecule has 3 rings (SSSR count). The Kier molecular flexibility index (Phi) is 4.57. The molecule has 2 heterocycles. The molecule has 0 saturated carbocycles. The third-order valence-corrected chi connectivity index (χ3v) is 4.32. The number of hydrogen-bond donors (Lipinski definition) is 2. The van der Waals surface area contributed by atoms with Gasteiger partial charge in [0.05, 0.1) is 29.6 Å². The predicted molar refractivity (Wildman–Crippen MR) is 94.3 cm³/mol. The summed E-state index contributed by atoms with van der Waals surface area (Å²) in [4.78, 5) is 39.4. The molecule has 8 nitrogen and oxygen atoms in total. The molecule has 2 aromatic heterocycles. The first kappa shape index (κ1) is 16.8. The van der Waals surface area contributed by atoms with Crippen LogP contribution in [0.5, 0.6) is 0 Å². The van der Waals surface area contributed by atoms with Crippen molar-refractivity contribution in [3.8, 4) is 0 Å². The van der Waals surface area contributed by atoms with E-state index < -0.39 is 5.91 Å². The Labute approximate surface area is 146 Å². The summed E-state index contributed by atoms with van der Waals surface area (Å²) in [7, 11) is 1.55. The quantitative estimate of drug-likeness (QED) is 0.693. The lowest BCUT2D eigenvalue weighted by Gasteiger charge is -2.07. The minimum absolute atomic E-state index is 0.000629. The zero-order valence-corrected chi connectivity index (χ0v) is 14.2. The maximum Gasteiger partial charge on any atom is 0.274 e. The average Bonchev–Trinajstić information content (AvgIpc) is 2.98. The highest BCUT2D eigenvalue weighted by molar-refractivity contribution is 7.13. The van der Waals surface area contributed by atoms with Gasteiger partial charge in [-0.15, -0.1) is 11.3 Å². The summed E-state index contributed by atoms with van der Waals surface area (Å²) >= 11 is 1.21. The molecule has 0 saturated heterocycles. The summed E-state index contributed by atoms with van der Waals surface area (Å²) in [5.74, 6) is -0.791. The molecule has 3 aromatic rings. The first-order valence-electron chi connectivity index (χ1n) is 7.41. The van der Waals surface area contributed by atoms with E-state index >= 15 is 0 Å². The molecule has 0 spiro atoms. The van der Waals surface area contributed by atoms with Gasteiger partial charge in [-0.25, -0.2) is 9.67 Å². The Morgan fingerprint density at radius 3 is 2.68 bits per heavy atom.